The molecule has 0 aliphatic carbocycles. The van der Waals surface area contributed by atoms with Crippen LogP contribution in [0.2, 0.25) is 5.28 Å². The van der Waals surface area contributed by atoms with Crippen molar-refractivity contribution >= 4 is 40.5 Å². The Labute approximate surface area is 240 Å². The quantitative estimate of drug-likeness (QED) is 0.149. The second-order valence-electron chi connectivity index (χ2n) is 9.15. The largest absolute Gasteiger partial charge is 0.463 e. The predicted molar refractivity (Wildman–Crippen MR) is 137 cm³/mol. The first-order chi connectivity index (χ1) is 19.8. The molecule has 3 aromatic rings. The number of aromatic nitrogens is 4. The van der Waals surface area contributed by atoms with Crippen molar-refractivity contribution in [1.82, 2.24) is 19.5 Å². The molecule has 12 nitrogen and oxygen atoms in total. The third-order valence-corrected chi connectivity index (χ3v) is 6.60. The molecule has 3 N–H and O–H groups in total. The number of esters is 2. The molecule has 0 spiro atoms. The molecule has 1 aliphatic rings. The van der Waals surface area contributed by atoms with Crippen LogP contribution in [0.15, 0.2) is 30.6 Å². The second kappa shape index (κ2) is 12.3. The molecule has 1 fully saturated rings. The van der Waals surface area contributed by atoms with Crippen LogP contribution in [-0.4, -0.2) is 80.4 Å². The number of imidazole rings is 1. The van der Waals surface area contributed by atoms with E-state index in [1.807, 2.05) is 0 Å². The Morgan fingerprint density at radius 1 is 1.12 bits per heavy atom. The summed E-state index contributed by atoms with van der Waals surface area (Å²) in [7, 11) is 0. The lowest BCUT2D eigenvalue weighted by Crippen LogP contribution is -2.54. The molecule has 0 bridgehead atoms. The predicted octanol–water partition coefficient (Wildman–Crippen LogP) is 2.80. The number of hydrogen-bond donors (Lipinski definition) is 2. The first-order valence-electron chi connectivity index (χ1n) is 12.6. The Morgan fingerprint density at radius 2 is 1.74 bits per heavy atom. The zero-order valence-corrected chi connectivity index (χ0v) is 22.9. The van der Waals surface area contributed by atoms with Gasteiger partial charge in [0.1, 0.15) is 17.7 Å². The van der Waals surface area contributed by atoms with E-state index in [0.717, 1.165) is 35.2 Å². The minimum absolute atomic E-state index is 0.0172. The van der Waals surface area contributed by atoms with Gasteiger partial charge in [-0.15, -0.1) is 0 Å². The standard InChI is InChI=1S/C25H26ClF4N5O7/c1-3-39-21(37)24(22(38)40-4-2,9-12-5-7-13(8-6-12)25(28,29)30)41-10-14-17(36)15(27)20(42-14)35-11-32-16-18(31)33-23(26)34-19(16)35/h5-8,11,14-15,17,20,36H,3-4,9-10H2,1-2H3,(H2,31,33,34)/t14-,15+,17-,20-/m1/s1. The minimum atomic E-state index is -4.62. The van der Waals surface area contributed by atoms with Gasteiger partial charge in [0, 0.05) is 6.42 Å². The molecule has 228 valence electrons. The maximum atomic E-state index is 15.3. The van der Waals surface area contributed by atoms with Gasteiger partial charge in [0.2, 0.25) is 5.28 Å². The van der Waals surface area contributed by atoms with Crippen molar-refractivity contribution in [3.05, 3.63) is 47.0 Å². The Balaban J connectivity index is 1.63. The summed E-state index contributed by atoms with van der Waals surface area (Å²) in [4.78, 5) is 38.1. The molecule has 1 aliphatic heterocycles. The lowest BCUT2D eigenvalue weighted by molar-refractivity contribution is -0.197. The normalized spacial score (nSPS) is 21.0. The van der Waals surface area contributed by atoms with E-state index in [4.69, 9.17) is 36.3 Å². The van der Waals surface area contributed by atoms with Crippen molar-refractivity contribution < 1.29 is 51.2 Å². The average molecular weight is 620 g/mol. The number of halogens is 5. The number of ether oxygens (including phenoxy) is 4. The van der Waals surface area contributed by atoms with Gasteiger partial charge < -0.3 is 29.8 Å². The smallest absolute Gasteiger partial charge is 0.416 e. The van der Waals surface area contributed by atoms with Gasteiger partial charge in [-0.25, -0.2) is 19.0 Å². The van der Waals surface area contributed by atoms with Crippen LogP contribution in [0.25, 0.3) is 11.2 Å². The highest BCUT2D eigenvalue weighted by Crippen LogP contribution is 2.36. The lowest BCUT2D eigenvalue weighted by atomic mass is 9.93. The average Bonchev–Trinajstić information content (AvgIpc) is 3.47. The van der Waals surface area contributed by atoms with Crippen LogP contribution in [0.4, 0.5) is 23.4 Å². The molecule has 1 aromatic carbocycles. The Bertz CT molecular complexity index is 1420. The van der Waals surface area contributed by atoms with Crippen molar-refractivity contribution in [3.8, 4) is 0 Å². The number of anilines is 1. The molecule has 17 heteroatoms. The van der Waals surface area contributed by atoms with Gasteiger partial charge in [0.15, 0.2) is 23.9 Å². The first kappa shape index (κ1) is 31.3. The van der Waals surface area contributed by atoms with Crippen LogP contribution in [-0.2, 0) is 41.1 Å². The van der Waals surface area contributed by atoms with Crippen molar-refractivity contribution in [1.29, 1.82) is 0 Å². The zero-order valence-electron chi connectivity index (χ0n) is 22.2. The molecule has 2 aromatic heterocycles. The summed E-state index contributed by atoms with van der Waals surface area (Å²) in [6.07, 6.45) is -10.9. The van der Waals surface area contributed by atoms with Crippen LogP contribution in [0, 0.1) is 0 Å². The van der Waals surface area contributed by atoms with E-state index >= 15 is 4.39 Å². The molecule has 3 heterocycles. The number of aliphatic hydroxyl groups excluding tert-OH is 1. The van der Waals surface area contributed by atoms with E-state index in [2.05, 4.69) is 15.0 Å². The van der Waals surface area contributed by atoms with Gasteiger partial charge >= 0.3 is 18.1 Å². The highest BCUT2D eigenvalue weighted by atomic mass is 35.5. The van der Waals surface area contributed by atoms with Crippen LogP contribution < -0.4 is 5.73 Å². The number of nitrogens with zero attached hydrogens (tertiary/aromatic N) is 4. The van der Waals surface area contributed by atoms with E-state index in [9.17, 15) is 27.9 Å². The fourth-order valence-electron chi connectivity index (χ4n) is 4.38. The van der Waals surface area contributed by atoms with Crippen LogP contribution >= 0.6 is 11.6 Å². The second-order valence-corrected chi connectivity index (χ2v) is 9.49. The summed E-state index contributed by atoms with van der Waals surface area (Å²) in [5.41, 5.74) is 2.52. The van der Waals surface area contributed by atoms with Crippen molar-refractivity contribution in [3.63, 3.8) is 0 Å². The molecular formula is C25H26ClF4N5O7. The number of hydrogen-bond acceptors (Lipinski definition) is 11. The van der Waals surface area contributed by atoms with Crippen LogP contribution in [0.5, 0.6) is 0 Å². The van der Waals surface area contributed by atoms with Crippen LogP contribution in [0.3, 0.4) is 0 Å². The van der Waals surface area contributed by atoms with Gasteiger partial charge in [-0.05, 0) is 43.1 Å². The summed E-state index contributed by atoms with van der Waals surface area (Å²) >= 11 is 5.87. The first-order valence-corrected chi connectivity index (χ1v) is 13.0. The minimum Gasteiger partial charge on any atom is -0.463 e. The summed E-state index contributed by atoms with van der Waals surface area (Å²) in [5, 5.41) is 10.4. The highest BCUT2D eigenvalue weighted by Gasteiger charge is 2.53. The van der Waals surface area contributed by atoms with E-state index in [-0.39, 0.29) is 41.0 Å². The maximum absolute atomic E-state index is 15.3. The molecule has 0 unspecified atom stereocenters. The third kappa shape index (κ3) is 6.11. The van der Waals surface area contributed by atoms with Gasteiger partial charge in [0.25, 0.3) is 5.60 Å². The third-order valence-electron chi connectivity index (χ3n) is 6.43. The van der Waals surface area contributed by atoms with E-state index in [0.29, 0.717) is 0 Å². The number of fused-ring (bicyclic) bond motifs is 1. The SMILES string of the molecule is CCOC(=O)C(Cc1ccc(C(F)(F)F)cc1)(OC[C@H]1O[C@@H](n2cnc3c(N)nc(Cl)nc32)[C@@H](F)[C@@H]1O)C(=O)OCC. The van der Waals surface area contributed by atoms with Gasteiger partial charge in [-0.3, -0.25) is 4.57 Å². The fourth-order valence-corrected chi connectivity index (χ4v) is 4.55. The van der Waals surface area contributed by atoms with Gasteiger partial charge in [-0.1, -0.05) is 12.1 Å². The molecule has 1 saturated heterocycles. The van der Waals surface area contributed by atoms with Crippen molar-refractivity contribution in [2.45, 2.75) is 56.7 Å². The Hall–Kier alpha value is -3.60. The number of alkyl halides is 4. The van der Waals surface area contributed by atoms with Gasteiger partial charge in [-0.2, -0.15) is 23.1 Å². The highest BCUT2D eigenvalue weighted by molar-refractivity contribution is 6.28. The number of benzene rings is 1. The number of aliphatic hydroxyl groups is 1. The fraction of sp³-hybridized carbons (Fsp3) is 0.480. The molecule has 4 atom stereocenters. The van der Waals surface area contributed by atoms with Crippen molar-refractivity contribution in [2.75, 3.05) is 25.6 Å². The Morgan fingerprint density at radius 3 is 2.31 bits per heavy atom. The summed E-state index contributed by atoms with van der Waals surface area (Å²) < 4.78 is 77.2. The molecule has 0 saturated carbocycles. The molecule has 42 heavy (non-hydrogen) atoms. The zero-order chi connectivity index (χ0) is 30.8. The van der Waals surface area contributed by atoms with Crippen molar-refractivity contribution in [2.24, 2.45) is 0 Å². The molecule has 4 rings (SSSR count). The topological polar surface area (TPSA) is 161 Å². The Kier molecular flexibility index (Phi) is 9.20. The summed E-state index contributed by atoms with van der Waals surface area (Å²) in [6.45, 7) is 1.82. The number of carbonyl (C=O) groups is 2. The number of rotatable bonds is 10. The molecule has 0 amide bonds. The summed E-state index contributed by atoms with van der Waals surface area (Å²) in [5.74, 6) is -2.48. The van der Waals surface area contributed by atoms with Crippen LogP contribution in [0.1, 0.15) is 31.2 Å². The van der Waals surface area contributed by atoms with E-state index in [1.165, 1.54) is 13.8 Å². The lowest BCUT2D eigenvalue weighted by Gasteiger charge is -2.31. The van der Waals surface area contributed by atoms with E-state index < -0.39 is 66.9 Å². The number of carbonyl (C=O) groups excluding carboxylic acids is 2. The molecule has 0 radical (unpaired) electrons. The maximum Gasteiger partial charge on any atom is 0.416 e. The summed E-state index contributed by atoms with van der Waals surface area (Å²) in [6, 6.07) is 3.68. The van der Waals surface area contributed by atoms with Gasteiger partial charge in [0.05, 0.1) is 31.7 Å². The monoisotopic (exact) mass is 619 g/mol. The van der Waals surface area contributed by atoms with E-state index in [1.54, 1.807) is 0 Å². The number of nitrogens with two attached hydrogens (primary N) is 1. The number of nitrogen functional groups attached to an aromatic ring is 1. The molecular weight excluding hydrogens is 594 g/mol.